The number of hydrogen-bond donors (Lipinski definition) is 1. The molecule has 1 N–H and O–H groups in total. The number of guanidine groups is 1. The van der Waals surface area contributed by atoms with E-state index in [0.717, 1.165) is 51.6 Å². The molecule has 0 aromatic carbocycles. The Labute approximate surface area is 188 Å². The van der Waals surface area contributed by atoms with Crippen LogP contribution < -0.4 is 5.32 Å². The molecule has 0 bridgehead atoms. The lowest BCUT2D eigenvalue weighted by Crippen LogP contribution is -2.50. The number of aliphatic imine (C=N–C) groups is 1. The molecule has 0 aliphatic carbocycles. The van der Waals surface area contributed by atoms with Crippen molar-refractivity contribution in [1.82, 2.24) is 24.9 Å². The molecule has 0 unspecified atom stereocenters. The van der Waals surface area contributed by atoms with Crippen molar-refractivity contribution in [3.8, 4) is 0 Å². The monoisotopic (exact) mass is 440 g/mol. The molecule has 1 saturated heterocycles. The van der Waals surface area contributed by atoms with Crippen LogP contribution in [-0.4, -0.2) is 116 Å². The Kier molecular flexibility index (Phi) is 11.7. The number of amides is 2. The van der Waals surface area contributed by atoms with Crippen LogP contribution in [-0.2, 0) is 9.53 Å². The smallest absolute Gasteiger partial charge is 0.410 e. The van der Waals surface area contributed by atoms with Crippen molar-refractivity contribution in [2.45, 2.75) is 53.6 Å². The zero-order valence-electron chi connectivity index (χ0n) is 20.7. The molecule has 1 heterocycles. The minimum atomic E-state index is -0.459. The minimum absolute atomic E-state index is 0.112. The lowest BCUT2D eigenvalue weighted by molar-refractivity contribution is -0.131. The average Bonchev–Trinajstić information content (AvgIpc) is 2.70. The van der Waals surface area contributed by atoms with Crippen LogP contribution in [0, 0.1) is 0 Å². The number of rotatable bonds is 9. The van der Waals surface area contributed by atoms with Crippen molar-refractivity contribution in [2.75, 3.05) is 72.5 Å². The Bertz CT molecular complexity index is 578. The van der Waals surface area contributed by atoms with Crippen LogP contribution in [0.5, 0.6) is 0 Å². The number of ether oxygens (including phenoxy) is 1. The standard InChI is InChI=1S/C22H44N6O3/c1-8-23-20(25(7)18-19(29)27(9-2)10-3)24-12-11-13-26-14-16-28(17-15-26)21(30)31-22(4,5)6/h8-18H2,1-7H3,(H,23,24). The fourth-order valence-corrected chi connectivity index (χ4v) is 3.38. The summed E-state index contributed by atoms with van der Waals surface area (Å²) in [6.45, 7) is 18.9. The van der Waals surface area contributed by atoms with Crippen molar-refractivity contribution in [1.29, 1.82) is 0 Å². The maximum absolute atomic E-state index is 12.4. The van der Waals surface area contributed by atoms with E-state index in [4.69, 9.17) is 9.73 Å². The summed E-state index contributed by atoms with van der Waals surface area (Å²) < 4.78 is 5.45. The van der Waals surface area contributed by atoms with E-state index in [0.29, 0.717) is 26.2 Å². The maximum Gasteiger partial charge on any atom is 0.410 e. The molecule has 0 aromatic rings. The maximum atomic E-state index is 12.4. The van der Waals surface area contributed by atoms with Gasteiger partial charge < -0.3 is 24.8 Å². The zero-order chi connectivity index (χ0) is 23.4. The van der Waals surface area contributed by atoms with Crippen LogP contribution in [0.15, 0.2) is 4.99 Å². The number of likely N-dealkylation sites (N-methyl/N-ethyl adjacent to an activating group) is 2. The third-order valence-corrected chi connectivity index (χ3v) is 5.10. The molecule has 1 aliphatic rings. The van der Waals surface area contributed by atoms with Gasteiger partial charge in [0.1, 0.15) is 5.60 Å². The second-order valence-electron chi connectivity index (χ2n) is 8.82. The molecule has 0 saturated carbocycles. The van der Waals surface area contributed by atoms with Crippen molar-refractivity contribution in [2.24, 2.45) is 4.99 Å². The lowest BCUT2D eigenvalue weighted by atomic mass is 10.2. The Hall–Kier alpha value is -2.03. The van der Waals surface area contributed by atoms with Crippen LogP contribution in [0.3, 0.4) is 0 Å². The first-order valence-electron chi connectivity index (χ1n) is 11.6. The fraction of sp³-hybridized carbons (Fsp3) is 0.864. The molecule has 0 aromatic heterocycles. The van der Waals surface area contributed by atoms with Gasteiger partial charge in [0.05, 0.1) is 6.54 Å². The molecular weight excluding hydrogens is 396 g/mol. The van der Waals surface area contributed by atoms with Gasteiger partial charge in [-0.15, -0.1) is 0 Å². The molecule has 1 fully saturated rings. The van der Waals surface area contributed by atoms with E-state index in [-0.39, 0.29) is 12.0 Å². The predicted molar refractivity (Wildman–Crippen MR) is 125 cm³/mol. The van der Waals surface area contributed by atoms with Gasteiger partial charge in [0.2, 0.25) is 5.91 Å². The molecule has 1 rings (SSSR count). The second-order valence-corrected chi connectivity index (χ2v) is 8.82. The van der Waals surface area contributed by atoms with E-state index in [2.05, 4.69) is 10.2 Å². The van der Waals surface area contributed by atoms with E-state index < -0.39 is 5.60 Å². The average molecular weight is 441 g/mol. The van der Waals surface area contributed by atoms with Crippen LogP contribution in [0.4, 0.5) is 4.79 Å². The molecule has 2 amide bonds. The summed E-state index contributed by atoms with van der Waals surface area (Å²) in [4.78, 5) is 37.1. The molecule has 1 aliphatic heterocycles. The van der Waals surface area contributed by atoms with E-state index >= 15 is 0 Å². The molecule has 9 heteroatoms. The quantitative estimate of drug-likeness (QED) is 0.334. The predicted octanol–water partition coefficient (Wildman–Crippen LogP) is 1.69. The second kappa shape index (κ2) is 13.4. The highest BCUT2D eigenvalue weighted by molar-refractivity contribution is 5.86. The summed E-state index contributed by atoms with van der Waals surface area (Å²) in [6, 6.07) is 0. The molecule has 31 heavy (non-hydrogen) atoms. The zero-order valence-corrected chi connectivity index (χ0v) is 20.7. The van der Waals surface area contributed by atoms with Gasteiger partial charge in [0.25, 0.3) is 0 Å². The number of nitrogens with one attached hydrogen (secondary N) is 1. The van der Waals surface area contributed by atoms with Crippen LogP contribution in [0.25, 0.3) is 0 Å². The van der Waals surface area contributed by atoms with Crippen LogP contribution in [0.2, 0.25) is 0 Å². The SMILES string of the molecule is CCNC(=NCCCN1CCN(C(=O)OC(C)(C)C)CC1)N(C)CC(=O)N(CC)CC. The van der Waals surface area contributed by atoms with E-state index in [1.165, 1.54) is 0 Å². The summed E-state index contributed by atoms with van der Waals surface area (Å²) >= 11 is 0. The first-order chi connectivity index (χ1) is 14.6. The fourth-order valence-electron chi connectivity index (χ4n) is 3.38. The Morgan fingerprint density at radius 3 is 2.19 bits per heavy atom. The summed E-state index contributed by atoms with van der Waals surface area (Å²) in [7, 11) is 1.90. The first-order valence-corrected chi connectivity index (χ1v) is 11.6. The van der Waals surface area contributed by atoms with E-state index in [1.54, 1.807) is 4.90 Å². The van der Waals surface area contributed by atoms with Gasteiger partial charge in [-0.3, -0.25) is 14.7 Å². The van der Waals surface area contributed by atoms with Gasteiger partial charge in [-0.05, 0) is 48.0 Å². The summed E-state index contributed by atoms with van der Waals surface area (Å²) in [5.74, 6) is 0.874. The highest BCUT2D eigenvalue weighted by Gasteiger charge is 2.25. The van der Waals surface area contributed by atoms with Crippen molar-refractivity contribution >= 4 is 18.0 Å². The van der Waals surface area contributed by atoms with Crippen LogP contribution >= 0.6 is 0 Å². The molecule has 180 valence electrons. The number of hydrogen-bond acceptors (Lipinski definition) is 5. The number of carbonyl (C=O) groups excluding carboxylic acids is 2. The highest BCUT2D eigenvalue weighted by atomic mass is 16.6. The first kappa shape index (κ1) is 27.0. The molecule has 0 spiro atoms. The lowest BCUT2D eigenvalue weighted by Gasteiger charge is -2.35. The highest BCUT2D eigenvalue weighted by Crippen LogP contribution is 2.12. The Morgan fingerprint density at radius 2 is 1.68 bits per heavy atom. The topological polar surface area (TPSA) is 80.7 Å². The van der Waals surface area contributed by atoms with Crippen molar-refractivity contribution < 1.29 is 14.3 Å². The van der Waals surface area contributed by atoms with Crippen molar-refractivity contribution in [3.05, 3.63) is 0 Å². The number of piperazine rings is 1. The van der Waals surface area contributed by atoms with E-state index in [1.807, 2.05) is 58.4 Å². The largest absolute Gasteiger partial charge is 0.444 e. The molecule has 9 nitrogen and oxygen atoms in total. The Balaban J connectivity index is 2.42. The van der Waals surface area contributed by atoms with Gasteiger partial charge in [0.15, 0.2) is 5.96 Å². The van der Waals surface area contributed by atoms with Gasteiger partial charge >= 0.3 is 6.09 Å². The van der Waals surface area contributed by atoms with Crippen LogP contribution in [0.1, 0.15) is 48.0 Å². The molecular formula is C22H44N6O3. The molecule has 0 atom stereocenters. The summed E-state index contributed by atoms with van der Waals surface area (Å²) in [5.41, 5.74) is -0.459. The van der Waals surface area contributed by atoms with Gasteiger partial charge in [-0.25, -0.2) is 4.79 Å². The summed E-state index contributed by atoms with van der Waals surface area (Å²) in [6.07, 6.45) is 0.702. The normalized spacial score (nSPS) is 15.6. The van der Waals surface area contributed by atoms with Crippen molar-refractivity contribution in [3.63, 3.8) is 0 Å². The Morgan fingerprint density at radius 1 is 1.06 bits per heavy atom. The van der Waals surface area contributed by atoms with Gasteiger partial charge in [-0.1, -0.05) is 0 Å². The third kappa shape index (κ3) is 10.2. The van der Waals surface area contributed by atoms with E-state index in [9.17, 15) is 9.59 Å². The molecule has 0 radical (unpaired) electrons. The number of carbonyl (C=O) groups is 2. The minimum Gasteiger partial charge on any atom is -0.444 e. The van der Waals surface area contributed by atoms with Gasteiger partial charge in [-0.2, -0.15) is 0 Å². The number of nitrogens with zero attached hydrogens (tertiary/aromatic N) is 5. The van der Waals surface area contributed by atoms with Gasteiger partial charge in [0, 0.05) is 66.0 Å². The third-order valence-electron chi connectivity index (χ3n) is 5.10. The summed E-state index contributed by atoms with van der Waals surface area (Å²) in [5, 5.41) is 3.27.